The number of halogens is 4. The van der Waals surface area contributed by atoms with Crippen molar-refractivity contribution in [3.8, 4) is 17.4 Å². The fraction of sp³-hybridized carbons (Fsp3) is 0.200. The van der Waals surface area contributed by atoms with Crippen LogP contribution in [0.3, 0.4) is 0 Å². The van der Waals surface area contributed by atoms with E-state index >= 15 is 0 Å². The number of fused-ring (bicyclic) bond motifs is 2. The van der Waals surface area contributed by atoms with Crippen molar-refractivity contribution in [1.82, 2.24) is 23.5 Å². The first-order chi connectivity index (χ1) is 18.7. The zero-order valence-corrected chi connectivity index (χ0v) is 20.9. The van der Waals surface area contributed by atoms with Crippen molar-refractivity contribution in [3.63, 3.8) is 0 Å². The number of aliphatic hydroxyl groups excluding tert-OH is 1. The van der Waals surface area contributed by atoms with Crippen LogP contribution in [0.2, 0.25) is 5.02 Å². The van der Waals surface area contributed by atoms with E-state index in [9.17, 15) is 27.9 Å². The standard InChI is InChI=1S/C25H18ClF3N6O4/c1-39-23-22-18(8-20(31-23)32-5-4-13(36)10-32)34(12-2-3-15(27)14(26)6-12)25(38)35(24(22)37)21-9-30-19-7-16(28)17(29)11-33(19)21/h2-3,6-9,11,13,36H,4-5,10H2,1H3/t13-/m1/s1. The number of hydrogen-bond donors (Lipinski definition) is 1. The first-order valence-electron chi connectivity index (χ1n) is 11.7. The molecule has 0 spiro atoms. The third kappa shape index (κ3) is 3.92. The van der Waals surface area contributed by atoms with Crippen LogP contribution < -0.4 is 20.9 Å². The normalized spacial score (nSPS) is 15.5. The van der Waals surface area contributed by atoms with Crippen LogP contribution in [0.15, 0.2) is 52.3 Å². The molecule has 200 valence electrons. The molecule has 0 saturated carbocycles. The van der Waals surface area contributed by atoms with Gasteiger partial charge in [0.2, 0.25) is 5.88 Å². The largest absolute Gasteiger partial charge is 0.480 e. The summed E-state index contributed by atoms with van der Waals surface area (Å²) in [4.78, 5) is 38.2. The number of ether oxygens (including phenoxy) is 1. The number of aliphatic hydroxyl groups is 1. The van der Waals surface area contributed by atoms with E-state index in [-0.39, 0.29) is 45.5 Å². The fourth-order valence-corrected chi connectivity index (χ4v) is 4.91. The van der Waals surface area contributed by atoms with E-state index in [0.717, 1.165) is 33.5 Å². The number of benzene rings is 1. The highest BCUT2D eigenvalue weighted by Crippen LogP contribution is 2.30. The molecule has 1 N–H and O–H groups in total. The summed E-state index contributed by atoms with van der Waals surface area (Å²) in [5.74, 6) is -3.09. The summed E-state index contributed by atoms with van der Waals surface area (Å²) < 4.78 is 50.3. The molecular formula is C25H18ClF3N6O4. The van der Waals surface area contributed by atoms with Crippen molar-refractivity contribution in [2.45, 2.75) is 12.5 Å². The van der Waals surface area contributed by atoms with E-state index in [1.165, 1.54) is 25.3 Å². The Morgan fingerprint density at radius 1 is 1.08 bits per heavy atom. The highest BCUT2D eigenvalue weighted by atomic mass is 35.5. The highest BCUT2D eigenvalue weighted by Gasteiger charge is 2.27. The quantitative estimate of drug-likeness (QED) is 0.361. The van der Waals surface area contributed by atoms with Crippen LogP contribution in [0.5, 0.6) is 5.88 Å². The second-order valence-electron chi connectivity index (χ2n) is 8.94. The Bertz CT molecular complexity index is 1920. The van der Waals surface area contributed by atoms with Crippen molar-refractivity contribution in [1.29, 1.82) is 0 Å². The van der Waals surface area contributed by atoms with E-state index in [1.807, 2.05) is 0 Å². The fourth-order valence-electron chi connectivity index (χ4n) is 4.74. The molecule has 0 unspecified atom stereocenters. The predicted molar refractivity (Wildman–Crippen MR) is 136 cm³/mol. The Hall–Kier alpha value is -4.36. The molecule has 5 heterocycles. The van der Waals surface area contributed by atoms with Gasteiger partial charge < -0.3 is 14.7 Å². The summed E-state index contributed by atoms with van der Waals surface area (Å²) in [7, 11) is 1.30. The number of anilines is 1. The molecule has 0 amide bonds. The topological polar surface area (TPSA) is 107 Å². The molecule has 0 aliphatic carbocycles. The monoisotopic (exact) mass is 558 g/mol. The minimum atomic E-state index is -1.22. The molecule has 1 aromatic carbocycles. The molecule has 1 aliphatic heterocycles. The molecule has 1 atom stereocenters. The van der Waals surface area contributed by atoms with E-state index < -0.39 is 34.8 Å². The molecule has 1 fully saturated rings. The molecule has 10 nitrogen and oxygen atoms in total. The van der Waals surface area contributed by atoms with E-state index in [0.29, 0.717) is 23.4 Å². The number of methoxy groups -OCH3 is 1. The van der Waals surface area contributed by atoms with Gasteiger partial charge in [0.1, 0.15) is 28.5 Å². The molecule has 4 aromatic heterocycles. The highest BCUT2D eigenvalue weighted by molar-refractivity contribution is 6.30. The Morgan fingerprint density at radius 3 is 2.56 bits per heavy atom. The van der Waals surface area contributed by atoms with Gasteiger partial charge in [0.15, 0.2) is 11.6 Å². The molecule has 0 radical (unpaired) electrons. The number of rotatable bonds is 4. The predicted octanol–water partition coefficient (Wildman–Crippen LogP) is 2.83. The number of β-amino-alcohol motifs (C(OH)–C–C–N with tert-alkyl or cyclic N) is 1. The van der Waals surface area contributed by atoms with Gasteiger partial charge in [0.05, 0.1) is 41.8 Å². The van der Waals surface area contributed by atoms with Crippen LogP contribution in [0.1, 0.15) is 6.42 Å². The van der Waals surface area contributed by atoms with Crippen molar-refractivity contribution in [3.05, 3.63) is 86.0 Å². The van der Waals surface area contributed by atoms with Crippen molar-refractivity contribution >= 4 is 34.0 Å². The molecule has 6 rings (SSSR count). The summed E-state index contributed by atoms with van der Waals surface area (Å²) in [5.41, 5.74) is -1.68. The molecule has 5 aromatic rings. The molecule has 1 saturated heterocycles. The lowest BCUT2D eigenvalue weighted by atomic mass is 10.2. The van der Waals surface area contributed by atoms with Crippen molar-refractivity contribution in [2.75, 3.05) is 25.1 Å². The van der Waals surface area contributed by atoms with E-state index in [2.05, 4.69) is 9.97 Å². The van der Waals surface area contributed by atoms with Gasteiger partial charge in [-0.1, -0.05) is 11.6 Å². The second-order valence-corrected chi connectivity index (χ2v) is 9.35. The number of nitrogens with zero attached hydrogens (tertiary/aromatic N) is 6. The minimum absolute atomic E-state index is 0.0558. The minimum Gasteiger partial charge on any atom is -0.480 e. The number of hydrogen-bond acceptors (Lipinski definition) is 7. The summed E-state index contributed by atoms with van der Waals surface area (Å²) >= 11 is 6.03. The maximum absolute atomic E-state index is 14.1. The van der Waals surface area contributed by atoms with Crippen LogP contribution in [0.4, 0.5) is 19.0 Å². The van der Waals surface area contributed by atoms with Crippen LogP contribution in [0, 0.1) is 17.5 Å². The molecule has 1 aliphatic rings. The van der Waals surface area contributed by atoms with Crippen LogP contribution >= 0.6 is 11.6 Å². The molecule has 0 bridgehead atoms. The lowest BCUT2D eigenvalue weighted by molar-refractivity contribution is 0.198. The number of imidazole rings is 1. The lowest BCUT2D eigenvalue weighted by Gasteiger charge is -2.20. The first kappa shape index (κ1) is 24.9. The third-order valence-electron chi connectivity index (χ3n) is 6.60. The van der Waals surface area contributed by atoms with Crippen molar-refractivity contribution < 1.29 is 23.0 Å². The van der Waals surface area contributed by atoms with Gasteiger partial charge in [-0.2, -0.15) is 4.98 Å². The zero-order chi connectivity index (χ0) is 27.6. The molecule has 39 heavy (non-hydrogen) atoms. The Kier molecular flexibility index (Phi) is 5.84. The van der Waals surface area contributed by atoms with Gasteiger partial charge in [0, 0.05) is 25.2 Å². The van der Waals surface area contributed by atoms with Gasteiger partial charge in [-0.3, -0.25) is 13.8 Å². The summed E-state index contributed by atoms with van der Waals surface area (Å²) in [6.45, 7) is 0.742. The van der Waals surface area contributed by atoms with Crippen molar-refractivity contribution in [2.24, 2.45) is 0 Å². The number of pyridine rings is 2. The first-order valence-corrected chi connectivity index (χ1v) is 12.0. The number of aromatic nitrogens is 5. The van der Waals surface area contributed by atoms with Gasteiger partial charge in [0.25, 0.3) is 5.56 Å². The SMILES string of the molecule is COc1nc(N2CC[C@@H](O)C2)cc2c1c(=O)n(-c1cnc3cc(F)c(F)cn13)c(=O)n2-c1ccc(F)c(Cl)c1. The molecular weight excluding hydrogens is 541 g/mol. The molecule has 14 heteroatoms. The Balaban J connectivity index is 1.75. The maximum Gasteiger partial charge on any atom is 0.342 e. The lowest BCUT2D eigenvalue weighted by Crippen LogP contribution is -2.39. The summed E-state index contributed by atoms with van der Waals surface area (Å²) in [5, 5.41) is 9.62. The van der Waals surface area contributed by atoms with E-state index in [4.69, 9.17) is 16.3 Å². The summed E-state index contributed by atoms with van der Waals surface area (Å²) in [6, 6.07) is 5.88. The van der Waals surface area contributed by atoms with Gasteiger partial charge in [-0.15, -0.1) is 0 Å². The van der Waals surface area contributed by atoms with Crippen LogP contribution in [-0.2, 0) is 0 Å². The third-order valence-corrected chi connectivity index (χ3v) is 6.89. The smallest absolute Gasteiger partial charge is 0.342 e. The zero-order valence-electron chi connectivity index (χ0n) is 20.1. The summed E-state index contributed by atoms with van der Waals surface area (Å²) in [6.07, 6.45) is 1.79. The van der Waals surface area contributed by atoms with Gasteiger partial charge in [-0.25, -0.2) is 27.5 Å². The van der Waals surface area contributed by atoms with Crippen LogP contribution in [0.25, 0.3) is 28.1 Å². The second kappa shape index (κ2) is 9.13. The Morgan fingerprint density at radius 2 is 1.87 bits per heavy atom. The van der Waals surface area contributed by atoms with Crippen LogP contribution in [-0.4, -0.2) is 54.9 Å². The maximum atomic E-state index is 14.1. The van der Waals surface area contributed by atoms with Gasteiger partial charge >= 0.3 is 5.69 Å². The van der Waals surface area contributed by atoms with Gasteiger partial charge in [-0.05, 0) is 24.6 Å². The van der Waals surface area contributed by atoms with E-state index in [1.54, 1.807) is 4.90 Å². The Labute approximate surface area is 221 Å². The average Bonchev–Trinajstić information content (AvgIpc) is 3.52. The average molecular weight is 559 g/mol.